The Kier molecular flexibility index (Phi) is 25.1. The number of rotatable bonds is 28. The van der Waals surface area contributed by atoms with Crippen LogP contribution in [0.5, 0.6) is 0 Å². The summed E-state index contributed by atoms with van der Waals surface area (Å²) in [5, 5.41) is 68.4. The second kappa shape index (κ2) is 31.1. The molecule has 0 unspecified atom stereocenters. The lowest BCUT2D eigenvalue weighted by atomic mass is 9.79. The van der Waals surface area contributed by atoms with Gasteiger partial charge in [0.1, 0.15) is 23.9 Å². The number of carboxylic acid groups (broad SMARTS) is 6. The molecule has 2 aromatic carbocycles. The topological polar surface area (TPSA) is 353 Å². The molecule has 24 heteroatoms. The average Bonchev–Trinajstić information content (AvgIpc) is 3.34. The number of nitrogens with one attached hydrogen (secondary N) is 4. The smallest absolute Gasteiger partial charge is 0.326 e. The molecule has 1 aliphatic heterocycles. The van der Waals surface area contributed by atoms with Crippen molar-refractivity contribution in [3.05, 3.63) is 48.0 Å². The summed E-state index contributed by atoms with van der Waals surface area (Å²) >= 11 is 0. The van der Waals surface area contributed by atoms with Gasteiger partial charge in [-0.25, -0.2) is 14.4 Å². The number of fused-ring (bicyclic) bond motifs is 1. The lowest BCUT2D eigenvalue weighted by molar-refractivity contribution is -0.141. The van der Waals surface area contributed by atoms with E-state index in [1.165, 1.54) is 0 Å². The molecule has 408 valence electrons. The third-order valence-corrected chi connectivity index (χ3v) is 13.4. The molecule has 4 rings (SSSR count). The molecule has 24 nitrogen and oxygen atoms in total. The zero-order valence-corrected chi connectivity index (χ0v) is 41.7. The maximum atomic E-state index is 13.8. The second-order valence-corrected chi connectivity index (χ2v) is 19.1. The lowest BCUT2D eigenvalue weighted by Gasteiger charge is -2.33. The number of nitrogens with zero attached hydrogens (tertiary/aromatic N) is 4. The van der Waals surface area contributed by atoms with Crippen LogP contribution in [0.2, 0.25) is 0 Å². The molecular formula is C50H72N8O16. The number of carboxylic acids is 6. The monoisotopic (exact) mass is 1040 g/mol. The van der Waals surface area contributed by atoms with Crippen LogP contribution >= 0.6 is 0 Å². The summed E-state index contributed by atoms with van der Waals surface area (Å²) in [4.78, 5) is 130. The van der Waals surface area contributed by atoms with E-state index in [9.17, 15) is 73.5 Å². The number of hydrogen-bond acceptors (Lipinski definition) is 14. The van der Waals surface area contributed by atoms with Crippen LogP contribution in [0.25, 0.3) is 10.8 Å². The van der Waals surface area contributed by atoms with Gasteiger partial charge in [-0.15, -0.1) is 0 Å². The van der Waals surface area contributed by atoms with Crippen molar-refractivity contribution in [1.29, 1.82) is 0 Å². The predicted molar refractivity (Wildman–Crippen MR) is 266 cm³/mol. The zero-order valence-electron chi connectivity index (χ0n) is 41.7. The maximum Gasteiger partial charge on any atom is 0.326 e. The van der Waals surface area contributed by atoms with E-state index < -0.39 is 78.7 Å². The first-order valence-corrected chi connectivity index (χ1v) is 25.1. The molecule has 1 saturated carbocycles. The number of benzene rings is 2. The Labute approximate surface area is 428 Å². The Hall–Kier alpha value is -6.76. The highest BCUT2D eigenvalue weighted by Crippen LogP contribution is 2.32. The molecule has 0 spiro atoms. The molecule has 2 fully saturated rings. The molecule has 4 amide bonds. The van der Waals surface area contributed by atoms with Crippen LogP contribution in [0.4, 0.5) is 4.79 Å². The molecular weight excluding hydrogens is 969 g/mol. The van der Waals surface area contributed by atoms with E-state index in [2.05, 4.69) is 21.3 Å². The van der Waals surface area contributed by atoms with Crippen molar-refractivity contribution >= 4 is 70.2 Å². The minimum Gasteiger partial charge on any atom is -0.481 e. The molecule has 0 aromatic heterocycles. The number of aliphatic carboxylic acids is 6. The molecule has 74 heavy (non-hydrogen) atoms. The van der Waals surface area contributed by atoms with Gasteiger partial charge in [0.15, 0.2) is 0 Å². The number of unbranched alkanes of at least 4 members (excludes halogenated alkanes) is 1. The number of carbonyl (C=O) groups is 10. The highest BCUT2D eigenvalue weighted by molar-refractivity contribution is 5.90. The van der Waals surface area contributed by atoms with Gasteiger partial charge in [-0.05, 0) is 80.0 Å². The Morgan fingerprint density at radius 1 is 0.527 bits per heavy atom. The normalized spacial score (nSPS) is 18.8. The first kappa shape index (κ1) is 59.8. The molecule has 0 radical (unpaired) electrons. The fourth-order valence-corrected chi connectivity index (χ4v) is 9.24. The Bertz CT molecular complexity index is 2230. The summed E-state index contributed by atoms with van der Waals surface area (Å²) in [6.45, 7) is 1.73. The van der Waals surface area contributed by atoms with Crippen molar-refractivity contribution in [1.82, 2.24) is 40.9 Å². The van der Waals surface area contributed by atoms with Gasteiger partial charge in [-0.2, -0.15) is 0 Å². The SMILES string of the molecule is O=C(O)CC[C@H](NC(=O)N[C@@H](CCCCNC(=O)[C@H](Cc1ccc2ccccc2c1)NC(=O)C1CCC(CCC(=O)CN2CCN(CC(=O)O)CCN(CC(=O)O)CCN(CC(=O)O)CC2)CC1)C(=O)O)C(=O)O. The van der Waals surface area contributed by atoms with Gasteiger partial charge in [-0.3, -0.25) is 53.2 Å². The fraction of sp³-hybridized carbons (Fsp3) is 0.600. The van der Waals surface area contributed by atoms with Crippen LogP contribution in [0.3, 0.4) is 0 Å². The quantitative estimate of drug-likeness (QED) is 0.0528. The summed E-state index contributed by atoms with van der Waals surface area (Å²) in [6.07, 6.45) is 3.02. The summed E-state index contributed by atoms with van der Waals surface area (Å²) in [5.74, 6) is -8.20. The van der Waals surface area contributed by atoms with Crippen LogP contribution in [0.1, 0.15) is 76.2 Å². The highest BCUT2D eigenvalue weighted by atomic mass is 16.4. The van der Waals surface area contributed by atoms with Crippen molar-refractivity contribution in [3.63, 3.8) is 0 Å². The molecule has 1 heterocycles. The van der Waals surface area contributed by atoms with E-state index in [-0.39, 0.29) is 108 Å². The molecule has 10 N–H and O–H groups in total. The number of hydrogen-bond donors (Lipinski definition) is 10. The van der Waals surface area contributed by atoms with Crippen LogP contribution < -0.4 is 21.3 Å². The third-order valence-electron chi connectivity index (χ3n) is 13.4. The Morgan fingerprint density at radius 2 is 1.03 bits per heavy atom. The van der Waals surface area contributed by atoms with Gasteiger partial charge in [0.05, 0.1) is 26.2 Å². The number of Topliss-reactive ketones (excluding diaryl/α,β-unsaturated/α-hetero) is 1. The minimum atomic E-state index is -1.55. The third kappa shape index (κ3) is 22.6. The number of carbonyl (C=O) groups excluding carboxylic acids is 4. The Morgan fingerprint density at radius 3 is 1.53 bits per heavy atom. The van der Waals surface area contributed by atoms with E-state index in [0.717, 1.165) is 16.3 Å². The van der Waals surface area contributed by atoms with Crippen molar-refractivity contribution in [3.8, 4) is 0 Å². The molecule has 2 aliphatic rings. The summed E-state index contributed by atoms with van der Waals surface area (Å²) in [6, 6.07) is 8.50. The first-order valence-electron chi connectivity index (χ1n) is 25.1. The van der Waals surface area contributed by atoms with Gasteiger partial charge in [0, 0.05) is 84.1 Å². The van der Waals surface area contributed by atoms with Crippen molar-refractivity contribution in [2.75, 3.05) is 85.1 Å². The maximum absolute atomic E-state index is 13.8. The number of urea groups is 1. The lowest BCUT2D eigenvalue weighted by Crippen LogP contribution is -2.51. The molecule has 1 aliphatic carbocycles. The fourth-order valence-electron chi connectivity index (χ4n) is 9.24. The van der Waals surface area contributed by atoms with Crippen molar-refractivity contribution in [2.24, 2.45) is 11.8 Å². The van der Waals surface area contributed by atoms with E-state index in [1.807, 2.05) is 47.4 Å². The molecule has 1 saturated heterocycles. The van der Waals surface area contributed by atoms with E-state index >= 15 is 0 Å². The van der Waals surface area contributed by atoms with Crippen molar-refractivity contribution in [2.45, 2.75) is 95.2 Å². The summed E-state index contributed by atoms with van der Waals surface area (Å²) < 4.78 is 0. The average molecular weight is 1040 g/mol. The van der Waals surface area contributed by atoms with E-state index in [1.54, 1.807) is 14.7 Å². The standard InChI is InChI=1S/C50H72N8O16/c59-38(29-55-19-21-56(30-43(62)63)23-25-58(32-45(66)67)26-24-57(22-20-55)31-44(64)65)15-11-33-8-13-36(14-9-33)46(68)52-41(28-34-10-12-35-5-1-2-6-37(35)27-34)47(69)51-18-4-3-7-39(48(70)71)53-50(74)54-40(49(72)73)16-17-42(60)61/h1-2,5-6,10,12,27,33,36,39-41H,3-4,7-9,11,13-26,28-32H2,(H,51,69)(H,52,68)(H,60,61)(H,62,63)(H,64,65)(H,66,67)(H,70,71)(H,72,73)(H2,53,54,74)/t33?,36?,39-,40-,41-/m0/s1. The molecule has 0 bridgehead atoms. The first-order chi connectivity index (χ1) is 35.2. The van der Waals surface area contributed by atoms with Crippen LogP contribution in [0.15, 0.2) is 42.5 Å². The second-order valence-electron chi connectivity index (χ2n) is 19.1. The highest BCUT2D eigenvalue weighted by Gasteiger charge is 2.31. The largest absolute Gasteiger partial charge is 0.481 e. The van der Waals surface area contributed by atoms with Gasteiger partial charge in [0.2, 0.25) is 11.8 Å². The van der Waals surface area contributed by atoms with Crippen LogP contribution in [0, 0.1) is 11.8 Å². The Balaban J connectivity index is 1.30. The number of ketones is 1. The number of amides is 4. The van der Waals surface area contributed by atoms with E-state index in [0.29, 0.717) is 64.7 Å². The van der Waals surface area contributed by atoms with Gasteiger partial charge >= 0.3 is 41.8 Å². The van der Waals surface area contributed by atoms with Gasteiger partial charge in [0.25, 0.3) is 0 Å². The zero-order chi connectivity index (χ0) is 54.2. The van der Waals surface area contributed by atoms with Crippen LogP contribution in [-0.4, -0.2) is 213 Å². The minimum absolute atomic E-state index is 0.0233. The van der Waals surface area contributed by atoms with Crippen LogP contribution in [-0.2, 0) is 49.6 Å². The summed E-state index contributed by atoms with van der Waals surface area (Å²) in [5.41, 5.74) is 0.812. The van der Waals surface area contributed by atoms with Gasteiger partial charge in [-0.1, -0.05) is 42.5 Å². The molecule has 2 aromatic rings. The molecule has 3 atom stereocenters. The van der Waals surface area contributed by atoms with Crippen molar-refractivity contribution < 1.29 is 78.6 Å². The van der Waals surface area contributed by atoms with E-state index in [4.69, 9.17) is 5.11 Å². The predicted octanol–water partition coefficient (Wildman–Crippen LogP) is 0.855. The van der Waals surface area contributed by atoms with Gasteiger partial charge < -0.3 is 51.9 Å². The summed E-state index contributed by atoms with van der Waals surface area (Å²) in [7, 11) is 0.